The first-order valence-corrected chi connectivity index (χ1v) is 8.14. The Kier molecular flexibility index (Phi) is 4.69. The maximum atomic E-state index is 11.9. The molecule has 11 heteroatoms. The lowest BCUT2D eigenvalue weighted by Gasteiger charge is -2.03. The van der Waals surface area contributed by atoms with Crippen molar-refractivity contribution in [3.63, 3.8) is 0 Å². The fourth-order valence-corrected chi connectivity index (χ4v) is 2.28. The third-order valence-corrected chi connectivity index (χ3v) is 3.53. The zero-order chi connectivity index (χ0) is 17.1. The van der Waals surface area contributed by atoms with Gasteiger partial charge >= 0.3 is 6.03 Å². The van der Waals surface area contributed by atoms with Crippen LogP contribution in [-0.2, 0) is 6.42 Å². The maximum Gasteiger partial charge on any atom is 0.320 e. The van der Waals surface area contributed by atoms with Gasteiger partial charge in [-0.15, -0.1) is 10.2 Å². The summed E-state index contributed by atoms with van der Waals surface area (Å²) in [6, 6.07) is -0.186. The maximum absolute atomic E-state index is 11.9. The van der Waals surface area contributed by atoms with E-state index in [0.717, 1.165) is 0 Å². The largest absolute Gasteiger partial charge is 0.337 e. The molecule has 3 rings (SSSR count). The highest BCUT2D eigenvalue weighted by Crippen LogP contribution is 2.12. The molecule has 0 bridgehead atoms. The van der Waals surface area contributed by atoms with Gasteiger partial charge in [-0.05, 0) is 35.0 Å². The Hall–Kier alpha value is -2.56. The van der Waals surface area contributed by atoms with E-state index < -0.39 is 0 Å². The number of anilines is 1. The van der Waals surface area contributed by atoms with Crippen LogP contribution < -0.4 is 10.6 Å². The van der Waals surface area contributed by atoms with Crippen molar-refractivity contribution in [2.75, 3.05) is 11.9 Å². The number of nitrogens with one attached hydrogen (secondary N) is 2. The van der Waals surface area contributed by atoms with Gasteiger partial charge in [0, 0.05) is 19.2 Å². The summed E-state index contributed by atoms with van der Waals surface area (Å²) in [4.78, 5) is 21.8. The molecule has 0 unspecified atom stereocenters. The highest BCUT2D eigenvalue weighted by atomic mass is 79.9. The number of carbonyl (C=O) groups excluding carboxylic acids is 1. The number of rotatable bonds is 5. The van der Waals surface area contributed by atoms with Crippen LogP contribution in [0.2, 0.25) is 0 Å². The molecule has 2 amide bonds. The lowest BCUT2D eigenvalue weighted by Crippen LogP contribution is -2.30. The van der Waals surface area contributed by atoms with Crippen LogP contribution >= 0.6 is 15.9 Å². The summed E-state index contributed by atoms with van der Waals surface area (Å²) in [5.74, 6) is 1.03. The third-order valence-electron chi connectivity index (χ3n) is 3.12. The van der Waals surface area contributed by atoms with Crippen LogP contribution in [0.15, 0.2) is 23.2 Å². The first-order valence-electron chi connectivity index (χ1n) is 7.35. The van der Waals surface area contributed by atoms with Crippen molar-refractivity contribution in [1.29, 1.82) is 0 Å². The first-order chi connectivity index (χ1) is 11.5. The second kappa shape index (κ2) is 6.91. The lowest BCUT2D eigenvalue weighted by molar-refractivity contribution is 0.252. The number of carbonyl (C=O) groups is 1. The second-order valence-electron chi connectivity index (χ2n) is 5.35. The van der Waals surface area contributed by atoms with Crippen LogP contribution in [0.25, 0.3) is 5.65 Å². The zero-order valence-electron chi connectivity index (χ0n) is 13.1. The minimum atomic E-state index is -0.346. The molecule has 0 saturated carbocycles. The van der Waals surface area contributed by atoms with E-state index in [0.29, 0.717) is 34.9 Å². The Bertz CT molecular complexity index is 856. The van der Waals surface area contributed by atoms with Crippen molar-refractivity contribution < 1.29 is 4.79 Å². The molecule has 0 spiro atoms. The molecule has 0 aliphatic carbocycles. The number of imidazole rings is 1. The fourth-order valence-electron chi connectivity index (χ4n) is 1.96. The van der Waals surface area contributed by atoms with Crippen molar-refractivity contribution in [1.82, 2.24) is 39.9 Å². The predicted octanol–water partition coefficient (Wildman–Crippen LogP) is 1.42. The van der Waals surface area contributed by atoms with Gasteiger partial charge in [0.25, 0.3) is 0 Å². The molecule has 10 nitrogen and oxygen atoms in total. The van der Waals surface area contributed by atoms with Crippen molar-refractivity contribution in [3.8, 4) is 0 Å². The van der Waals surface area contributed by atoms with Crippen molar-refractivity contribution >= 4 is 33.4 Å². The lowest BCUT2D eigenvalue weighted by atomic mass is 10.4. The van der Waals surface area contributed by atoms with Crippen LogP contribution in [-0.4, -0.2) is 47.2 Å². The Balaban J connectivity index is 1.51. The van der Waals surface area contributed by atoms with E-state index in [9.17, 15) is 4.79 Å². The Labute approximate surface area is 145 Å². The van der Waals surface area contributed by atoms with Gasteiger partial charge in [0.2, 0.25) is 0 Å². The number of hydrogen-bond acceptors (Lipinski definition) is 6. The van der Waals surface area contributed by atoms with Gasteiger partial charge in [-0.25, -0.2) is 14.8 Å². The van der Waals surface area contributed by atoms with E-state index >= 15 is 0 Å². The van der Waals surface area contributed by atoms with Gasteiger partial charge in [-0.2, -0.15) is 4.80 Å². The molecule has 0 radical (unpaired) electrons. The molecule has 2 N–H and O–H groups in total. The first kappa shape index (κ1) is 16.3. The Morgan fingerprint density at radius 3 is 2.96 bits per heavy atom. The summed E-state index contributed by atoms with van der Waals surface area (Å²) in [5.41, 5.74) is 0.642. The molecule has 24 heavy (non-hydrogen) atoms. The smallest absolute Gasteiger partial charge is 0.320 e. The number of tetrazole rings is 1. The second-order valence-corrected chi connectivity index (χ2v) is 6.16. The minimum absolute atomic E-state index is 0.159. The van der Waals surface area contributed by atoms with Crippen molar-refractivity contribution in [2.24, 2.45) is 0 Å². The van der Waals surface area contributed by atoms with Crippen LogP contribution in [0.1, 0.15) is 25.7 Å². The van der Waals surface area contributed by atoms with E-state index in [4.69, 9.17) is 0 Å². The zero-order valence-corrected chi connectivity index (χ0v) is 14.7. The highest BCUT2D eigenvalue weighted by molar-refractivity contribution is 9.10. The fraction of sp³-hybridized carbons (Fsp3) is 0.385. The topological polar surface area (TPSA) is 115 Å². The summed E-state index contributed by atoms with van der Waals surface area (Å²) in [6.07, 6.45) is 5.57. The van der Waals surface area contributed by atoms with Crippen LogP contribution in [0.4, 0.5) is 10.6 Å². The molecule has 0 aliphatic rings. The van der Waals surface area contributed by atoms with Gasteiger partial charge in [-0.3, -0.25) is 5.32 Å². The van der Waals surface area contributed by atoms with Gasteiger partial charge in [0.05, 0.1) is 18.4 Å². The Morgan fingerprint density at radius 2 is 2.21 bits per heavy atom. The van der Waals surface area contributed by atoms with Gasteiger partial charge < -0.3 is 9.72 Å². The van der Waals surface area contributed by atoms with E-state index in [1.807, 2.05) is 13.8 Å². The molecule has 3 heterocycles. The number of aromatic nitrogens is 7. The predicted molar refractivity (Wildman–Crippen MR) is 89.6 cm³/mol. The van der Waals surface area contributed by atoms with Crippen LogP contribution in [0, 0.1) is 0 Å². The molecule has 0 aliphatic heterocycles. The minimum Gasteiger partial charge on any atom is -0.337 e. The molecule has 126 valence electrons. The summed E-state index contributed by atoms with van der Waals surface area (Å²) in [7, 11) is 0. The van der Waals surface area contributed by atoms with Gasteiger partial charge in [-0.1, -0.05) is 0 Å². The molecule has 0 saturated heterocycles. The normalized spacial score (nSPS) is 11.2. The summed E-state index contributed by atoms with van der Waals surface area (Å²) >= 11 is 3.28. The summed E-state index contributed by atoms with van der Waals surface area (Å²) in [5, 5.41) is 17.5. The highest BCUT2D eigenvalue weighted by Gasteiger charge is 2.08. The molecule has 0 aromatic carbocycles. The molecular formula is C13H16BrN9O. The Morgan fingerprint density at radius 1 is 1.38 bits per heavy atom. The van der Waals surface area contributed by atoms with E-state index in [-0.39, 0.29) is 12.1 Å². The van der Waals surface area contributed by atoms with Crippen molar-refractivity contribution in [2.45, 2.75) is 26.3 Å². The quantitative estimate of drug-likeness (QED) is 0.677. The number of hydrogen-bond donors (Lipinski definition) is 2. The van der Waals surface area contributed by atoms with E-state index in [1.165, 1.54) is 4.80 Å². The van der Waals surface area contributed by atoms with Crippen LogP contribution in [0.5, 0.6) is 0 Å². The van der Waals surface area contributed by atoms with Crippen LogP contribution in [0.3, 0.4) is 0 Å². The van der Waals surface area contributed by atoms with E-state index in [2.05, 4.69) is 51.9 Å². The standard InChI is InChI=1S/C13H16BrN9O/c1-8(2)23-20-10(19-21-23)3-4-15-13(24)18-11-7-22-6-9(14)16-5-12(22)17-11/h5-8H,3-4H2,1-2H3,(H2,15,18,24). The SMILES string of the molecule is CC(C)n1nnc(CCNC(=O)Nc2cn3cc(Br)ncc3n2)n1. The average molecular weight is 394 g/mol. The summed E-state index contributed by atoms with van der Waals surface area (Å²) in [6.45, 7) is 4.34. The molecule has 0 atom stereocenters. The molecular weight excluding hydrogens is 378 g/mol. The van der Waals surface area contributed by atoms with Crippen molar-refractivity contribution in [3.05, 3.63) is 29.0 Å². The summed E-state index contributed by atoms with van der Waals surface area (Å²) < 4.78 is 2.45. The van der Waals surface area contributed by atoms with Gasteiger partial charge in [0.1, 0.15) is 4.60 Å². The number of urea groups is 1. The molecule has 3 aromatic rings. The third kappa shape index (κ3) is 3.85. The number of fused-ring (bicyclic) bond motifs is 1. The number of nitrogens with zero attached hydrogens (tertiary/aromatic N) is 7. The molecule has 3 aromatic heterocycles. The van der Waals surface area contributed by atoms with Gasteiger partial charge in [0.15, 0.2) is 17.3 Å². The monoisotopic (exact) mass is 393 g/mol. The number of halogens is 1. The van der Waals surface area contributed by atoms with E-state index in [1.54, 1.807) is 23.0 Å². The molecule has 0 fully saturated rings. The number of amides is 2. The average Bonchev–Trinajstić information content (AvgIpc) is 3.13.